The molecule has 0 atom stereocenters. The molecule has 8 nitrogen and oxygen atoms in total. The normalized spacial score (nSPS) is 16.3. The van der Waals surface area contributed by atoms with E-state index in [1.165, 1.54) is 30.5 Å². The van der Waals surface area contributed by atoms with Crippen LogP contribution in [-0.4, -0.2) is 46.9 Å². The molecule has 2 aromatic carbocycles. The molecule has 1 fully saturated rings. The summed E-state index contributed by atoms with van der Waals surface area (Å²) < 4.78 is 39.5. The van der Waals surface area contributed by atoms with Crippen LogP contribution in [-0.2, 0) is 14.8 Å². The van der Waals surface area contributed by atoms with E-state index in [0.29, 0.717) is 35.7 Å². The molecule has 1 amide bonds. The number of hydrogen-bond donors (Lipinski definition) is 0. The lowest BCUT2D eigenvalue weighted by molar-refractivity contribution is -0.117. The molecule has 1 saturated heterocycles. The van der Waals surface area contributed by atoms with Gasteiger partial charge in [-0.15, -0.1) is 0 Å². The summed E-state index contributed by atoms with van der Waals surface area (Å²) in [6.45, 7) is 2.24. The van der Waals surface area contributed by atoms with Crippen molar-refractivity contribution < 1.29 is 27.5 Å². The van der Waals surface area contributed by atoms with Crippen LogP contribution in [0.2, 0.25) is 0 Å². The Kier molecular flexibility index (Phi) is 5.15. The Morgan fingerprint density at radius 2 is 1.93 bits per heavy atom. The van der Waals surface area contributed by atoms with Gasteiger partial charge in [-0.25, -0.2) is 8.42 Å². The standard InChI is InChI=1S/C21H22N2O6S/c1-14(24)15-5-7-18-17(12-15)23(10-11-29-18)30(26,27)20-13-16(6-8-19(20)28-2)22-9-3-4-21(22)25/h5-8,12-13H,3-4,9-11H2,1-2H3. The highest BCUT2D eigenvalue weighted by atomic mass is 32.2. The lowest BCUT2D eigenvalue weighted by Gasteiger charge is -2.31. The lowest BCUT2D eigenvalue weighted by Crippen LogP contribution is -2.38. The number of ketones is 1. The maximum absolute atomic E-state index is 13.7. The number of carbonyl (C=O) groups is 2. The van der Waals surface area contributed by atoms with Crippen LogP contribution in [0.25, 0.3) is 0 Å². The van der Waals surface area contributed by atoms with E-state index in [4.69, 9.17) is 9.47 Å². The fourth-order valence-corrected chi connectivity index (χ4v) is 5.37. The second-order valence-electron chi connectivity index (χ2n) is 7.15. The summed E-state index contributed by atoms with van der Waals surface area (Å²) in [4.78, 5) is 25.5. The van der Waals surface area contributed by atoms with Gasteiger partial charge in [-0.05, 0) is 49.7 Å². The molecule has 0 N–H and O–H groups in total. The van der Waals surface area contributed by atoms with Gasteiger partial charge in [0.2, 0.25) is 5.91 Å². The number of benzene rings is 2. The summed E-state index contributed by atoms with van der Waals surface area (Å²) in [6, 6.07) is 9.45. The molecule has 2 aliphatic rings. The molecule has 0 unspecified atom stereocenters. The molecule has 0 aliphatic carbocycles. The van der Waals surface area contributed by atoms with E-state index >= 15 is 0 Å². The van der Waals surface area contributed by atoms with Crippen LogP contribution in [0.5, 0.6) is 11.5 Å². The van der Waals surface area contributed by atoms with Crippen molar-refractivity contribution in [1.29, 1.82) is 0 Å². The zero-order valence-corrected chi connectivity index (χ0v) is 17.6. The van der Waals surface area contributed by atoms with E-state index in [9.17, 15) is 18.0 Å². The van der Waals surface area contributed by atoms with E-state index in [0.717, 1.165) is 6.42 Å². The molecular weight excluding hydrogens is 408 g/mol. The predicted octanol–water partition coefficient (Wildman–Crippen LogP) is 2.61. The number of methoxy groups -OCH3 is 1. The molecule has 2 heterocycles. The van der Waals surface area contributed by atoms with Crippen molar-refractivity contribution in [3.8, 4) is 11.5 Å². The topological polar surface area (TPSA) is 93.2 Å². The summed E-state index contributed by atoms with van der Waals surface area (Å²) in [5, 5.41) is 0. The van der Waals surface area contributed by atoms with Crippen LogP contribution in [0.1, 0.15) is 30.1 Å². The van der Waals surface area contributed by atoms with Gasteiger partial charge < -0.3 is 14.4 Å². The number of fused-ring (bicyclic) bond motifs is 1. The van der Waals surface area contributed by atoms with Gasteiger partial charge in [-0.3, -0.25) is 13.9 Å². The van der Waals surface area contributed by atoms with Crippen molar-refractivity contribution in [1.82, 2.24) is 0 Å². The fraction of sp³-hybridized carbons (Fsp3) is 0.333. The summed E-state index contributed by atoms with van der Waals surface area (Å²) in [5.41, 5.74) is 1.21. The smallest absolute Gasteiger partial charge is 0.268 e. The highest BCUT2D eigenvalue weighted by Gasteiger charge is 2.34. The molecule has 4 rings (SSSR count). The number of ether oxygens (including phenoxy) is 2. The third kappa shape index (κ3) is 3.39. The largest absolute Gasteiger partial charge is 0.495 e. The molecule has 0 aromatic heterocycles. The number of anilines is 2. The summed E-state index contributed by atoms with van der Waals surface area (Å²) in [5.74, 6) is 0.361. The number of Topliss-reactive ketones (excluding diaryl/α,β-unsaturated/α-hetero) is 1. The number of carbonyl (C=O) groups excluding carboxylic acids is 2. The summed E-state index contributed by atoms with van der Waals surface area (Å²) in [7, 11) is -2.65. The van der Waals surface area contributed by atoms with Crippen molar-refractivity contribution >= 4 is 33.1 Å². The third-order valence-electron chi connectivity index (χ3n) is 5.29. The van der Waals surface area contributed by atoms with Crippen LogP contribution in [0.15, 0.2) is 41.3 Å². The number of hydrogen-bond acceptors (Lipinski definition) is 6. The lowest BCUT2D eigenvalue weighted by atomic mass is 10.1. The van der Waals surface area contributed by atoms with Gasteiger partial charge >= 0.3 is 0 Å². The second-order valence-corrected chi connectivity index (χ2v) is 8.98. The van der Waals surface area contributed by atoms with Gasteiger partial charge in [0.15, 0.2) is 5.78 Å². The van der Waals surface area contributed by atoms with E-state index in [-0.39, 0.29) is 35.5 Å². The van der Waals surface area contributed by atoms with Crippen molar-refractivity contribution in [3.05, 3.63) is 42.0 Å². The van der Waals surface area contributed by atoms with Crippen molar-refractivity contribution in [2.75, 3.05) is 36.0 Å². The van der Waals surface area contributed by atoms with Crippen LogP contribution in [0.4, 0.5) is 11.4 Å². The summed E-state index contributed by atoms with van der Waals surface area (Å²) in [6.07, 6.45) is 1.18. The van der Waals surface area contributed by atoms with Crippen molar-refractivity contribution in [3.63, 3.8) is 0 Å². The average Bonchev–Trinajstić information content (AvgIpc) is 3.18. The van der Waals surface area contributed by atoms with E-state index < -0.39 is 10.0 Å². The highest BCUT2D eigenvalue weighted by molar-refractivity contribution is 7.93. The SMILES string of the molecule is COc1ccc(N2CCCC2=O)cc1S(=O)(=O)N1CCOc2ccc(C(C)=O)cc21. The Morgan fingerprint density at radius 1 is 1.13 bits per heavy atom. The molecule has 30 heavy (non-hydrogen) atoms. The maximum Gasteiger partial charge on any atom is 0.268 e. The highest BCUT2D eigenvalue weighted by Crippen LogP contribution is 2.39. The van der Waals surface area contributed by atoms with E-state index in [2.05, 4.69) is 0 Å². The first-order valence-electron chi connectivity index (χ1n) is 9.62. The van der Waals surface area contributed by atoms with Gasteiger partial charge in [0, 0.05) is 24.2 Å². The molecule has 0 bridgehead atoms. The molecule has 9 heteroatoms. The number of rotatable bonds is 5. The van der Waals surface area contributed by atoms with E-state index in [1.54, 1.807) is 29.2 Å². The van der Waals surface area contributed by atoms with Gasteiger partial charge in [0.1, 0.15) is 23.0 Å². The van der Waals surface area contributed by atoms with E-state index in [1.807, 2.05) is 0 Å². The minimum atomic E-state index is -4.05. The average molecular weight is 430 g/mol. The van der Waals surface area contributed by atoms with Crippen molar-refractivity contribution in [2.45, 2.75) is 24.7 Å². The Labute approximate surface area is 175 Å². The zero-order chi connectivity index (χ0) is 21.5. The Hall–Kier alpha value is -3.07. The quantitative estimate of drug-likeness (QED) is 0.677. The van der Waals surface area contributed by atoms with Gasteiger partial charge in [0.05, 0.1) is 19.3 Å². The van der Waals surface area contributed by atoms with Crippen LogP contribution in [0.3, 0.4) is 0 Å². The third-order valence-corrected chi connectivity index (χ3v) is 7.12. The minimum absolute atomic E-state index is 0.0358. The fourth-order valence-electron chi connectivity index (χ4n) is 3.74. The number of amides is 1. The molecular formula is C21H22N2O6S. The molecule has 158 valence electrons. The summed E-state index contributed by atoms with van der Waals surface area (Å²) >= 11 is 0. The number of sulfonamides is 1. The van der Waals surface area contributed by atoms with Crippen molar-refractivity contribution in [2.24, 2.45) is 0 Å². The van der Waals surface area contributed by atoms with Gasteiger partial charge in [-0.2, -0.15) is 0 Å². The van der Waals surface area contributed by atoms with Gasteiger partial charge in [0.25, 0.3) is 10.0 Å². The molecule has 2 aliphatic heterocycles. The van der Waals surface area contributed by atoms with Crippen LogP contribution in [0, 0.1) is 0 Å². The molecule has 0 saturated carbocycles. The maximum atomic E-state index is 13.7. The molecule has 0 radical (unpaired) electrons. The molecule has 0 spiro atoms. The van der Waals surface area contributed by atoms with Crippen LogP contribution >= 0.6 is 0 Å². The number of nitrogens with zero attached hydrogens (tertiary/aromatic N) is 2. The monoisotopic (exact) mass is 430 g/mol. The Bertz CT molecular complexity index is 1130. The Balaban J connectivity index is 1.82. The Morgan fingerprint density at radius 3 is 2.60 bits per heavy atom. The predicted molar refractivity (Wildman–Crippen MR) is 111 cm³/mol. The zero-order valence-electron chi connectivity index (χ0n) is 16.8. The second kappa shape index (κ2) is 7.64. The van der Waals surface area contributed by atoms with Gasteiger partial charge in [-0.1, -0.05) is 0 Å². The first kappa shape index (κ1) is 20.2. The van der Waals surface area contributed by atoms with Crippen LogP contribution < -0.4 is 18.7 Å². The first-order valence-corrected chi connectivity index (χ1v) is 11.1. The minimum Gasteiger partial charge on any atom is -0.495 e. The first-order chi connectivity index (χ1) is 14.3. The molecule has 2 aromatic rings.